The molecule has 1 aromatic rings. The second kappa shape index (κ2) is 8.45. The van der Waals surface area contributed by atoms with Gasteiger partial charge in [0, 0.05) is 0 Å². The largest absolute Gasteiger partial charge is 0.490 e. The Morgan fingerprint density at radius 3 is 2.42 bits per heavy atom. The van der Waals surface area contributed by atoms with E-state index in [2.05, 4.69) is 45.0 Å². The number of rotatable bonds is 6. The van der Waals surface area contributed by atoms with Crippen molar-refractivity contribution in [2.24, 2.45) is 5.92 Å². The molecular formula is C19H30O4S. The third-order valence-electron chi connectivity index (χ3n) is 4.73. The lowest BCUT2D eigenvalue weighted by atomic mass is 9.83. The van der Waals surface area contributed by atoms with Crippen molar-refractivity contribution in [3.8, 4) is 5.75 Å². The maximum atomic E-state index is 10.8. The summed E-state index contributed by atoms with van der Waals surface area (Å²) in [5.41, 5.74) is 1.43. The van der Waals surface area contributed by atoms with Crippen molar-refractivity contribution in [3.63, 3.8) is 0 Å². The third-order valence-corrected chi connectivity index (χ3v) is 5.22. The molecule has 1 N–H and O–H groups in total. The summed E-state index contributed by atoms with van der Waals surface area (Å²) < 4.78 is 30.9. The summed E-state index contributed by atoms with van der Waals surface area (Å²) in [6.07, 6.45) is 5.12. The topological polar surface area (TPSA) is 55.8 Å². The maximum Gasteiger partial charge on any atom is 0.302 e. The molecular weight excluding hydrogens is 324 g/mol. The number of ether oxygens (including phenoxy) is 1. The number of hydrogen-bond acceptors (Lipinski definition) is 3. The van der Waals surface area contributed by atoms with Crippen molar-refractivity contribution in [2.75, 3.05) is 0 Å². The standard InChI is InChI=1S/C19H30O4S/c1-14(23-24(20)21)13-15-7-5-6-8-18(15)22-17-11-9-16(10-12-17)19(2,3)4/h9-12,14-15,18H,5-8,13H2,1-4H3,(H,20,21). The zero-order valence-corrected chi connectivity index (χ0v) is 16.0. The molecule has 0 saturated heterocycles. The van der Waals surface area contributed by atoms with Gasteiger partial charge in [0.15, 0.2) is 0 Å². The molecule has 0 heterocycles. The van der Waals surface area contributed by atoms with E-state index in [1.54, 1.807) is 0 Å². The minimum absolute atomic E-state index is 0.138. The van der Waals surface area contributed by atoms with Crippen LogP contribution in [-0.4, -0.2) is 21.0 Å². The fourth-order valence-electron chi connectivity index (χ4n) is 3.41. The van der Waals surface area contributed by atoms with E-state index in [0.29, 0.717) is 5.92 Å². The Balaban J connectivity index is 1.99. The van der Waals surface area contributed by atoms with E-state index in [1.807, 2.05) is 6.92 Å². The van der Waals surface area contributed by atoms with Gasteiger partial charge in [-0.2, -0.15) is 4.21 Å². The Morgan fingerprint density at radius 1 is 1.21 bits per heavy atom. The second-order valence-corrected chi connectivity index (χ2v) is 8.46. The zero-order valence-electron chi connectivity index (χ0n) is 15.2. The molecule has 1 saturated carbocycles. The lowest BCUT2D eigenvalue weighted by Crippen LogP contribution is -2.33. The SMILES string of the molecule is CC(CC1CCCCC1Oc1ccc(C(C)(C)C)cc1)OS(=O)O. The van der Waals surface area contributed by atoms with Crippen molar-refractivity contribution < 1.29 is 17.7 Å². The minimum Gasteiger partial charge on any atom is -0.490 e. The first-order chi connectivity index (χ1) is 11.3. The van der Waals surface area contributed by atoms with Crippen LogP contribution >= 0.6 is 0 Å². The van der Waals surface area contributed by atoms with E-state index < -0.39 is 11.4 Å². The van der Waals surface area contributed by atoms with Gasteiger partial charge in [0.1, 0.15) is 11.9 Å². The molecule has 0 bridgehead atoms. The Hall–Kier alpha value is -0.910. The summed E-state index contributed by atoms with van der Waals surface area (Å²) in [4.78, 5) is 0. The quantitative estimate of drug-likeness (QED) is 0.742. The Labute approximate surface area is 148 Å². The van der Waals surface area contributed by atoms with Crippen molar-refractivity contribution in [1.29, 1.82) is 0 Å². The Kier molecular flexibility index (Phi) is 6.84. The van der Waals surface area contributed by atoms with Crippen LogP contribution in [0.5, 0.6) is 5.75 Å². The van der Waals surface area contributed by atoms with E-state index in [0.717, 1.165) is 25.0 Å². The molecule has 0 aromatic heterocycles. The van der Waals surface area contributed by atoms with Crippen LogP contribution in [0.25, 0.3) is 0 Å². The van der Waals surface area contributed by atoms with Gasteiger partial charge in [0.2, 0.25) is 0 Å². The molecule has 2 rings (SSSR count). The average Bonchev–Trinajstić information content (AvgIpc) is 2.48. The molecule has 0 aliphatic heterocycles. The van der Waals surface area contributed by atoms with Crippen LogP contribution in [0.3, 0.4) is 0 Å². The highest BCUT2D eigenvalue weighted by Crippen LogP contribution is 2.33. The first-order valence-corrected chi connectivity index (χ1v) is 9.84. The highest BCUT2D eigenvalue weighted by molar-refractivity contribution is 7.74. The van der Waals surface area contributed by atoms with E-state index >= 15 is 0 Å². The fourth-order valence-corrected chi connectivity index (χ4v) is 3.77. The smallest absolute Gasteiger partial charge is 0.302 e. The fraction of sp³-hybridized carbons (Fsp3) is 0.684. The lowest BCUT2D eigenvalue weighted by molar-refractivity contribution is 0.0624. The molecule has 4 unspecified atom stereocenters. The van der Waals surface area contributed by atoms with Gasteiger partial charge in [-0.3, -0.25) is 8.74 Å². The predicted molar refractivity (Wildman–Crippen MR) is 97.5 cm³/mol. The lowest BCUT2D eigenvalue weighted by Gasteiger charge is -2.33. The van der Waals surface area contributed by atoms with Crippen molar-refractivity contribution >= 4 is 11.4 Å². The molecule has 136 valence electrons. The summed E-state index contributed by atoms with van der Waals surface area (Å²) in [6.45, 7) is 8.45. The van der Waals surface area contributed by atoms with E-state index in [9.17, 15) is 4.21 Å². The van der Waals surface area contributed by atoms with Gasteiger partial charge < -0.3 is 4.74 Å². The van der Waals surface area contributed by atoms with Gasteiger partial charge in [-0.15, -0.1) is 0 Å². The number of benzene rings is 1. The van der Waals surface area contributed by atoms with Crippen LogP contribution in [0.2, 0.25) is 0 Å². The Bertz CT molecular complexity index is 535. The van der Waals surface area contributed by atoms with Crippen molar-refractivity contribution in [3.05, 3.63) is 29.8 Å². The van der Waals surface area contributed by atoms with Gasteiger partial charge in [-0.1, -0.05) is 39.3 Å². The molecule has 1 aromatic carbocycles. The molecule has 5 heteroatoms. The third kappa shape index (κ3) is 5.87. The van der Waals surface area contributed by atoms with Gasteiger partial charge in [-0.05, 0) is 61.6 Å². The van der Waals surface area contributed by atoms with Crippen LogP contribution in [0, 0.1) is 5.92 Å². The maximum absolute atomic E-state index is 10.8. The van der Waals surface area contributed by atoms with Crippen LogP contribution in [-0.2, 0) is 21.0 Å². The van der Waals surface area contributed by atoms with Crippen LogP contribution in [0.1, 0.15) is 65.4 Å². The van der Waals surface area contributed by atoms with Gasteiger partial charge in [0.25, 0.3) is 0 Å². The minimum atomic E-state index is -2.20. The summed E-state index contributed by atoms with van der Waals surface area (Å²) >= 11 is -2.20. The summed E-state index contributed by atoms with van der Waals surface area (Å²) in [6, 6.07) is 8.37. The molecule has 1 aliphatic carbocycles. The monoisotopic (exact) mass is 354 g/mol. The summed E-state index contributed by atoms with van der Waals surface area (Å²) in [5.74, 6) is 1.26. The van der Waals surface area contributed by atoms with Gasteiger partial charge in [-0.25, -0.2) is 0 Å². The molecule has 0 radical (unpaired) electrons. The van der Waals surface area contributed by atoms with Gasteiger partial charge in [0.05, 0.1) is 6.10 Å². The van der Waals surface area contributed by atoms with E-state index in [4.69, 9.17) is 13.5 Å². The van der Waals surface area contributed by atoms with Crippen molar-refractivity contribution in [2.45, 2.75) is 77.4 Å². The van der Waals surface area contributed by atoms with E-state index in [-0.39, 0.29) is 17.6 Å². The molecule has 4 atom stereocenters. The van der Waals surface area contributed by atoms with Crippen LogP contribution in [0.15, 0.2) is 24.3 Å². The highest BCUT2D eigenvalue weighted by atomic mass is 32.2. The van der Waals surface area contributed by atoms with Gasteiger partial charge >= 0.3 is 11.4 Å². The first-order valence-electron chi connectivity index (χ1n) is 8.81. The molecule has 4 nitrogen and oxygen atoms in total. The zero-order chi connectivity index (χ0) is 17.7. The molecule has 0 amide bonds. The second-order valence-electron chi connectivity index (χ2n) is 7.83. The summed E-state index contributed by atoms with van der Waals surface area (Å²) in [7, 11) is 0. The summed E-state index contributed by atoms with van der Waals surface area (Å²) in [5, 5.41) is 0. The normalized spacial score (nSPS) is 24.4. The van der Waals surface area contributed by atoms with Crippen molar-refractivity contribution in [1.82, 2.24) is 0 Å². The average molecular weight is 355 g/mol. The first kappa shape index (κ1) is 19.4. The van der Waals surface area contributed by atoms with E-state index in [1.165, 1.54) is 18.4 Å². The van der Waals surface area contributed by atoms with Crippen LogP contribution in [0.4, 0.5) is 0 Å². The highest BCUT2D eigenvalue weighted by Gasteiger charge is 2.29. The predicted octanol–water partition coefficient (Wildman–Crippen LogP) is 4.85. The molecule has 0 spiro atoms. The number of hydrogen-bond donors (Lipinski definition) is 1. The molecule has 1 fully saturated rings. The Morgan fingerprint density at radius 2 is 1.83 bits per heavy atom. The molecule has 1 aliphatic rings. The molecule has 24 heavy (non-hydrogen) atoms. The van der Waals surface area contributed by atoms with Crippen LogP contribution < -0.4 is 4.74 Å².